The summed E-state index contributed by atoms with van der Waals surface area (Å²) in [6.07, 6.45) is 2.00. The van der Waals surface area contributed by atoms with Crippen LogP contribution in [0.15, 0.2) is 24.3 Å². The van der Waals surface area contributed by atoms with E-state index in [1.54, 1.807) is 0 Å². The molecular formula is C16H22NO4. The molecule has 5 heteroatoms. The Labute approximate surface area is 125 Å². The summed E-state index contributed by atoms with van der Waals surface area (Å²) in [5, 5.41) is 11.3. The first-order valence-corrected chi connectivity index (χ1v) is 6.87. The van der Waals surface area contributed by atoms with Crippen molar-refractivity contribution in [3.63, 3.8) is 0 Å². The largest absolute Gasteiger partial charge is 0.481 e. The van der Waals surface area contributed by atoms with Gasteiger partial charge >= 0.3 is 12.1 Å². The molecule has 0 bridgehead atoms. The summed E-state index contributed by atoms with van der Waals surface area (Å²) in [5.41, 5.74) is 1.39. The molecule has 1 aromatic carbocycles. The van der Waals surface area contributed by atoms with E-state index in [1.165, 1.54) is 0 Å². The van der Waals surface area contributed by atoms with Crippen LogP contribution in [-0.4, -0.2) is 29.3 Å². The van der Waals surface area contributed by atoms with E-state index in [1.807, 2.05) is 51.5 Å². The molecule has 0 aliphatic heterocycles. The second-order valence-corrected chi connectivity index (χ2v) is 5.73. The number of amides is 1. The first-order chi connectivity index (χ1) is 9.76. The van der Waals surface area contributed by atoms with Gasteiger partial charge in [0, 0.05) is 19.4 Å². The minimum absolute atomic E-state index is 0.111. The van der Waals surface area contributed by atoms with Crippen molar-refractivity contribution < 1.29 is 19.4 Å². The highest BCUT2D eigenvalue weighted by Crippen LogP contribution is 2.10. The summed E-state index contributed by atoms with van der Waals surface area (Å²) in [6, 6.07) is 7.58. The van der Waals surface area contributed by atoms with Crippen molar-refractivity contribution in [2.24, 2.45) is 0 Å². The number of ether oxygens (including phenoxy) is 1. The Bertz CT molecular complexity index is 491. The number of carbonyl (C=O) groups excluding carboxylic acids is 1. The van der Waals surface area contributed by atoms with Gasteiger partial charge in [-0.2, -0.15) is 0 Å². The third kappa shape index (κ3) is 7.97. The molecule has 1 rings (SSSR count). The number of hydrogen-bond acceptors (Lipinski definition) is 3. The number of hydrogen-bond donors (Lipinski definition) is 2. The molecule has 1 aromatic rings. The summed E-state index contributed by atoms with van der Waals surface area (Å²) in [4.78, 5) is 22.0. The lowest BCUT2D eigenvalue weighted by molar-refractivity contribution is -0.136. The lowest BCUT2D eigenvalue weighted by Gasteiger charge is -2.19. The molecular weight excluding hydrogens is 270 g/mol. The molecule has 0 unspecified atom stereocenters. The van der Waals surface area contributed by atoms with Gasteiger partial charge in [-0.05, 0) is 38.3 Å². The SMILES string of the molecule is CC(C)(C)OC(=O)NC[CH]c1cccc(CCC(=O)O)c1. The lowest BCUT2D eigenvalue weighted by Crippen LogP contribution is -2.33. The van der Waals surface area contributed by atoms with Crippen LogP contribution >= 0.6 is 0 Å². The van der Waals surface area contributed by atoms with Gasteiger partial charge in [-0.25, -0.2) is 4.79 Å². The lowest BCUT2D eigenvalue weighted by atomic mass is 10.0. The number of aryl methyl sites for hydroxylation is 1. The average Bonchev–Trinajstić information content (AvgIpc) is 2.34. The van der Waals surface area contributed by atoms with E-state index in [4.69, 9.17) is 9.84 Å². The van der Waals surface area contributed by atoms with Gasteiger partial charge in [-0.15, -0.1) is 0 Å². The van der Waals surface area contributed by atoms with Crippen LogP contribution in [0.5, 0.6) is 0 Å². The first kappa shape index (κ1) is 17.0. The molecule has 115 valence electrons. The predicted molar refractivity (Wildman–Crippen MR) is 80.0 cm³/mol. The van der Waals surface area contributed by atoms with Crippen molar-refractivity contribution in [1.29, 1.82) is 0 Å². The summed E-state index contributed by atoms with van der Waals surface area (Å²) >= 11 is 0. The zero-order chi connectivity index (χ0) is 15.9. The molecule has 0 heterocycles. The van der Waals surface area contributed by atoms with Crippen molar-refractivity contribution in [2.45, 2.75) is 39.2 Å². The molecule has 1 amide bonds. The molecule has 5 nitrogen and oxygen atoms in total. The van der Waals surface area contributed by atoms with Crippen molar-refractivity contribution in [3.05, 3.63) is 41.8 Å². The van der Waals surface area contributed by atoms with E-state index in [0.717, 1.165) is 11.1 Å². The maximum absolute atomic E-state index is 11.5. The van der Waals surface area contributed by atoms with Crippen LogP contribution < -0.4 is 5.32 Å². The quantitative estimate of drug-likeness (QED) is 0.845. The van der Waals surface area contributed by atoms with Crippen molar-refractivity contribution in [3.8, 4) is 0 Å². The number of carbonyl (C=O) groups is 2. The second-order valence-electron chi connectivity index (χ2n) is 5.73. The fourth-order valence-corrected chi connectivity index (χ4v) is 1.69. The van der Waals surface area contributed by atoms with Gasteiger partial charge in [-0.1, -0.05) is 24.3 Å². The van der Waals surface area contributed by atoms with E-state index in [2.05, 4.69) is 5.32 Å². The Morgan fingerprint density at radius 2 is 2.05 bits per heavy atom. The third-order valence-electron chi connectivity index (χ3n) is 2.56. The van der Waals surface area contributed by atoms with Crippen LogP contribution in [-0.2, 0) is 16.0 Å². The van der Waals surface area contributed by atoms with Gasteiger partial charge in [-0.3, -0.25) is 4.79 Å². The van der Waals surface area contributed by atoms with Gasteiger partial charge in [0.2, 0.25) is 0 Å². The highest BCUT2D eigenvalue weighted by molar-refractivity contribution is 5.68. The number of benzene rings is 1. The molecule has 21 heavy (non-hydrogen) atoms. The van der Waals surface area contributed by atoms with E-state index in [9.17, 15) is 9.59 Å². The number of rotatable bonds is 6. The first-order valence-electron chi connectivity index (χ1n) is 6.87. The molecule has 0 atom stereocenters. The van der Waals surface area contributed by atoms with Gasteiger partial charge in [0.25, 0.3) is 0 Å². The monoisotopic (exact) mass is 292 g/mol. The topological polar surface area (TPSA) is 75.6 Å². The van der Waals surface area contributed by atoms with Crippen LogP contribution in [0.3, 0.4) is 0 Å². The van der Waals surface area contributed by atoms with Crippen molar-refractivity contribution in [1.82, 2.24) is 5.32 Å². The fourth-order valence-electron chi connectivity index (χ4n) is 1.69. The third-order valence-corrected chi connectivity index (χ3v) is 2.56. The average molecular weight is 292 g/mol. The van der Waals surface area contributed by atoms with E-state index >= 15 is 0 Å². The van der Waals surface area contributed by atoms with Crippen LogP contribution in [0.25, 0.3) is 0 Å². The predicted octanol–water partition coefficient (Wildman–Crippen LogP) is 2.78. The summed E-state index contributed by atoms with van der Waals surface area (Å²) in [5.74, 6) is -0.809. The molecule has 0 aliphatic carbocycles. The maximum Gasteiger partial charge on any atom is 0.407 e. The Morgan fingerprint density at radius 1 is 1.33 bits per heavy atom. The smallest absolute Gasteiger partial charge is 0.407 e. The summed E-state index contributed by atoms with van der Waals surface area (Å²) < 4.78 is 5.13. The summed E-state index contributed by atoms with van der Waals surface area (Å²) in [6.45, 7) is 5.78. The Morgan fingerprint density at radius 3 is 2.67 bits per heavy atom. The van der Waals surface area contributed by atoms with E-state index in [0.29, 0.717) is 13.0 Å². The number of aliphatic carboxylic acids is 1. The Kier molecular flexibility index (Phi) is 6.21. The zero-order valence-electron chi connectivity index (χ0n) is 12.7. The molecule has 0 saturated carbocycles. The molecule has 2 N–H and O–H groups in total. The second kappa shape index (κ2) is 7.67. The van der Waals surface area contributed by atoms with Gasteiger partial charge < -0.3 is 15.2 Å². The number of carboxylic acid groups (broad SMARTS) is 1. The van der Waals surface area contributed by atoms with Gasteiger partial charge in [0.15, 0.2) is 0 Å². The Balaban J connectivity index is 2.40. The minimum atomic E-state index is -0.809. The number of alkyl carbamates (subject to hydrolysis) is 1. The fraction of sp³-hybridized carbons (Fsp3) is 0.438. The van der Waals surface area contributed by atoms with E-state index in [-0.39, 0.29) is 6.42 Å². The van der Waals surface area contributed by atoms with E-state index < -0.39 is 17.7 Å². The normalized spacial score (nSPS) is 11.0. The van der Waals surface area contributed by atoms with Gasteiger partial charge in [0.1, 0.15) is 5.60 Å². The van der Waals surface area contributed by atoms with Gasteiger partial charge in [0.05, 0.1) is 0 Å². The maximum atomic E-state index is 11.5. The highest BCUT2D eigenvalue weighted by atomic mass is 16.6. The highest BCUT2D eigenvalue weighted by Gasteiger charge is 2.15. The van der Waals surface area contributed by atoms with Crippen LogP contribution in [0.1, 0.15) is 38.3 Å². The molecule has 0 aliphatic rings. The molecule has 0 fully saturated rings. The van der Waals surface area contributed by atoms with Crippen LogP contribution in [0.2, 0.25) is 0 Å². The van der Waals surface area contributed by atoms with Crippen LogP contribution in [0.4, 0.5) is 4.79 Å². The number of nitrogens with one attached hydrogen (secondary N) is 1. The van der Waals surface area contributed by atoms with Crippen LogP contribution in [0, 0.1) is 6.42 Å². The molecule has 0 spiro atoms. The minimum Gasteiger partial charge on any atom is -0.481 e. The van der Waals surface area contributed by atoms with Crippen molar-refractivity contribution >= 4 is 12.1 Å². The standard InChI is InChI=1S/C16H22NO4/c1-16(2,3)21-15(20)17-10-9-13-6-4-5-12(11-13)7-8-14(18)19/h4-6,9,11H,7-8,10H2,1-3H3,(H,17,20)(H,18,19). The summed E-state index contributed by atoms with van der Waals surface area (Å²) in [7, 11) is 0. The number of carboxylic acids is 1. The Hall–Kier alpha value is -2.04. The molecule has 0 saturated heterocycles. The van der Waals surface area contributed by atoms with Crippen molar-refractivity contribution in [2.75, 3.05) is 6.54 Å². The zero-order valence-corrected chi connectivity index (χ0v) is 12.7. The molecule has 0 aromatic heterocycles. The molecule has 1 radical (unpaired) electrons.